The number of nitrogens with one attached hydrogen (secondary N) is 2. The van der Waals surface area contributed by atoms with E-state index in [-0.39, 0.29) is 11.3 Å². The van der Waals surface area contributed by atoms with E-state index in [4.69, 9.17) is 15.3 Å². The van der Waals surface area contributed by atoms with E-state index in [1.165, 1.54) is 12.3 Å². The predicted molar refractivity (Wildman–Crippen MR) is 74.3 cm³/mol. The minimum Gasteiger partial charge on any atom is -0.385 e. The second-order valence-electron chi connectivity index (χ2n) is 3.86. The standard InChI is InChI=1S/C14H15FN4O/c1-20-7-3-6-18-13-5-2-4-12(15)14(13)19-10-11(8-16)9-17/h2,4-5,10,18-19H,3,6-7H2,1H3. The first-order valence-electron chi connectivity index (χ1n) is 6.01. The van der Waals surface area contributed by atoms with Crippen molar-refractivity contribution in [1.29, 1.82) is 10.5 Å². The molecule has 0 aliphatic heterocycles. The van der Waals surface area contributed by atoms with E-state index in [1.54, 1.807) is 31.4 Å². The molecule has 0 spiro atoms. The van der Waals surface area contributed by atoms with Crippen LogP contribution < -0.4 is 10.6 Å². The fourth-order valence-electron chi connectivity index (χ4n) is 1.49. The molecule has 20 heavy (non-hydrogen) atoms. The largest absolute Gasteiger partial charge is 0.385 e. The molecule has 0 saturated heterocycles. The highest BCUT2D eigenvalue weighted by Crippen LogP contribution is 2.25. The van der Waals surface area contributed by atoms with Crippen LogP contribution >= 0.6 is 0 Å². The number of halogens is 1. The summed E-state index contributed by atoms with van der Waals surface area (Å²) in [5.74, 6) is -0.465. The molecule has 0 unspecified atom stereocenters. The van der Waals surface area contributed by atoms with Crippen molar-refractivity contribution in [2.75, 3.05) is 30.9 Å². The number of hydrogen-bond donors (Lipinski definition) is 2. The zero-order valence-electron chi connectivity index (χ0n) is 11.1. The highest BCUT2D eigenvalue weighted by atomic mass is 19.1. The number of nitrogens with zero attached hydrogens (tertiary/aromatic N) is 2. The summed E-state index contributed by atoms with van der Waals surface area (Å²) in [6.45, 7) is 1.23. The SMILES string of the molecule is COCCCNc1cccc(F)c1NC=C(C#N)C#N. The van der Waals surface area contributed by atoms with Gasteiger partial charge in [-0.1, -0.05) is 6.07 Å². The molecule has 0 aliphatic carbocycles. The number of nitriles is 2. The monoisotopic (exact) mass is 274 g/mol. The fraction of sp³-hybridized carbons (Fsp3) is 0.286. The van der Waals surface area contributed by atoms with Gasteiger partial charge in [0.25, 0.3) is 0 Å². The second kappa shape index (κ2) is 8.52. The van der Waals surface area contributed by atoms with Crippen LogP contribution in [0.15, 0.2) is 30.0 Å². The van der Waals surface area contributed by atoms with Crippen LogP contribution in [0.1, 0.15) is 6.42 Å². The molecule has 1 rings (SSSR count). The van der Waals surface area contributed by atoms with Crippen molar-refractivity contribution in [3.8, 4) is 12.1 Å². The molecule has 0 amide bonds. The van der Waals surface area contributed by atoms with Gasteiger partial charge in [-0.15, -0.1) is 0 Å². The molecule has 0 bridgehead atoms. The summed E-state index contributed by atoms with van der Waals surface area (Å²) in [7, 11) is 1.62. The molecule has 1 aromatic carbocycles. The van der Waals surface area contributed by atoms with Gasteiger partial charge in [0.15, 0.2) is 0 Å². The number of methoxy groups -OCH3 is 1. The third-order valence-electron chi connectivity index (χ3n) is 2.46. The van der Waals surface area contributed by atoms with Crippen LogP contribution in [0.25, 0.3) is 0 Å². The lowest BCUT2D eigenvalue weighted by Crippen LogP contribution is -2.07. The van der Waals surface area contributed by atoms with E-state index in [1.807, 2.05) is 0 Å². The Morgan fingerprint density at radius 2 is 2.15 bits per heavy atom. The van der Waals surface area contributed by atoms with Gasteiger partial charge in [-0.2, -0.15) is 10.5 Å². The number of para-hydroxylation sites is 1. The maximum atomic E-state index is 13.8. The van der Waals surface area contributed by atoms with Crippen LogP contribution in [0.4, 0.5) is 15.8 Å². The number of hydrogen-bond acceptors (Lipinski definition) is 5. The highest BCUT2D eigenvalue weighted by molar-refractivity contribution is 5.70. The summed E-state index contributed by atoms with van der Waals surface area (Å²) in [6.07, 6.45) is 1.96. The summed E-state index contributed by atoms with van der Waals surface area (Å²) < 4.78 is 18.7. The van der Waals surface area contributed by atoms with E-state index in [9.17, 15) is 4.39 Å². The Bertz CT molecular complexity index is 541. The molecular formula is C14H15FN4O. The van der Waals surface area contributed by atoms with Gasteiger partial charge >= 0.3 is 0 Å². The van der Waals surface area contributed by atoms with Gasteiger partial charge in [0.2, 0.25) is 0 Å². The van der Waals surface area contributed by atoms with Crippen molar-refractivity contribution in [3.05, 3.63) is 35.8 Å². The van der Waals surface area contributed by atoms with Crippen LogP contribution in [0.2, 0.25) is 0 Å². The lowest BCUT2D eigenvalue weighted by atomic mass is 10.2. The molecular weight excluding hydrogens is 259 g/mol. The van der Waals surface area contributed by atoms with Crippen molar-refractivity contribution in [2.24, 2.45) is 0 Å². The number of ether oxygens (including phenoxy) is 1. The number of rotatable bonds is 7. The first kappa shape index (κ1) is 15.5. The van der Waals surface area contributed by atoms with Gasteiger partial charge in [0.1, 0.15) is 23.5 Å². The van der Waals surface area contributed by atoms with E-state index >= 15 is 0 Å². The molecule has 6 heteroatoms. The quantitative estimate of drug-likeness (QED) is 0.590. The summed E-state index contributed by atoms with van der Waals surface area (Å²) in [5, 5.41) is 23.0. The Labute approximate surface area is 117 Å². The van der Waals surface area contributed by atoms with Crippen molar-refractivity contribution in [2.45, 2.75) is 6.42 Å². The second-order valence-corrected chi connectivity index (χ2v) is 3.86. The average Bonchev–Trinajstić information content (AvgIpc) is 2.46. The smallest absolute Gasteiger partial charge is 0.148 e. The average molecular weight is 274 g/mol. The van der Waals surface area contributed by atoms with Crippen LogP contribution in [0.3, 0.4) is 0 Å². The van der Waals surface area contributed by atoms with E-state index in [2.05, 4.69) is 10.6 Å². The van der Waals surface area contributed by atoms with Crippen molar-refractivity contribution < 1.29 is 9.13 Å². The molecule has 5 nitrogen and oxygen atoms in total. The summed E-state index contributed by atoms with van der Waals surface area (Å²) in [6, 6.07) is 7.99. The predicted octanol–water partition coefficient (Wildman–Crippen LogP) is 2.62. The Balaban J connectivity index is 2.81. The highest BCUT2D eigenvalue weighted by Gasteiger charge is 2.07. The first-order chi connectivity index (χ1) is 9.72. The number of allylic oxidation sites excluding steroid dienone is 1. The van der Waals surface area contributed by atoms with Crippen LogP contribution in [0.5, 0.6) is 0 Å². The van der Waals surface area contributed by atoms with Crippen LogP contribution in [-0.2, 0) is 4.74 Å². The normalized spacial score (nSPS) is 9.20. The van der Waals surface area contributed by atoms with Gasteiger partial charge in [0, 0.05) is 26.5 Å². The Hall–Kier alpha value is -2.57. The van der Waals surface area contributed by atoms with E-state index < -0.39 is 5.82 Å². The molecule has 0 radical (unpaired) electrons. The van der Waals surface area contributed by atoms with Crippen molar-refractivity contribution in [1.82, 2.24) is 0 Å². The maximum Gasteiger partial charge on any atom is 0.148 e. The molecule has 0 aliphatic rings. The summed E-state index contributed by atoms with van der Waals surface area (Å²) in [5.41, 5.74) is 0.638. The van der Waals surface area contributed by atoms with Gasteiger partial charge in [-0.25, -0.2) is 4.39 Å². The third kappa shape index (κ3) is 4.60. The molecule has 1 aromatic rings. The topological polar surface area (TPSA) is 80.9 Å². The molecule has 0 fully saturated rings. The van der Waals surface area contributed by atoms with E-state index in [0.717, 1.165) is 6.42 Å². The molecule has 0 atom stereocenters. The van der Waals surface area contributed by atoms with Crippen molar-refractivity contribution in [3.63, 3.8) is 0 Å². The molecule has 104 valence electrons. The summed E-state index contributed by atoms with van der Waals surface area (Å²) in [4.78, 5) is 0. The van der Waals surface area contributed by atoms with E-state index in [0.29, 0.717) is 18.8 Å². The Morgan fingerprint density at radius 3 is 2.80 bits per heavy atom. The van der Waals surface area contributed by atoms with Crippen LogP contribution in [-0.4, -0.2) is 20.3 Å². The zero-order valence-corrected chi connectivity index (χ0v) is 11.1. The molecule has 0 saturated carbocycles. The first-order valence-corrected chi connectivity index (χ1v) is 6.01. The van der Waals surface area contributed by atoms with Crippen LogP contribution in [0, 0.1) is 28.5 Å². The maximum absolute atomic E-state index is 13.8. The molecule has 2 N–H and O–H groups in total. The Kier molecular flexibility index (Phi) is 6.60. The molecule has 0 heterocycles. The van der Waals surface area contributed by atoms with Gasteiger partial charge in [-0.05, 0) is 18.6 Å². The van der Waals surface area contributed by atoms with Gasteiger partial charge in [0.05, 0.1) is 11.4 Å². The van der Waals surface area contributed by atoms with Gasteiger partial charge in [-0.3, -0.25) is 0 Å². The minimum absolute atomic E-state index is 0.126. The number of benzene rings is 1. The van der Waals surface area contributed by atoms with Gasteiger partial charge < -0.3 is 15.4 Å². The lowest BCUT2D eigenvalue weighted by molar-refractivity contribution is 0.198. The minimum atomic E-state index is -0.465. The molecule has 0 aromatic heterocycles. The fourth-order valence-corrected chi connectivity index (χ4v) is 1.49. The third-order valence-corrected chi connectivity index (χ3v) is 2.46. The summed E-state index contributed by atoms with van der Waals surface area (Å²) >= 11 is 0. The zero-order chi connectivity index (χ0) is 14.8. The van der Waals surface area contributed by atoms with Crippen molar-refractivity contribution >= 4 is 11.4 Å². The number of anilines is 2. The Morgan fingerprint density at radius 1 is 1.40 bits per heavy atom. The lowest BCUT2D eigenvalue weighted by Gasteiger charge is -2.12.